The molecule has 2 fully saturated rings. The maximum absolute atomic E-state index is 2.56. The van der Waals surface area contributed by atoms with Crippen LogP contribution in [0, 0.1) is 0 Å². The molecule has 3 aliphatic rings. The molecule has 1 heterocycles. The average Bonchev–Trinajstić information content (AvgIpc) is 3.89. The first-order chi connectivity index (χ1) is 35.0. The van der Waals surface area contributed by atoms with Gasteiger partial charge in [0.15, 0.2) is 0 Å². The Morgan fingerprint density at radius 2 is 0.859 bits per heavy atom. The maximum atomic E-state index is 2.56. The number of rotatable bonds is 9. The van der Waals surface area contributed by atoms with Gasteiger partial charge in [-0.15, -0.1) is 0 Å². The predicted molar refractivity (Wildman–Crippen MR) is 301 cm³/mol. The van der Waals surface area contributed by atoms with Crippen LogP contribution in [0.25, 0.3) is 72.0 Å². The summed E-state index contributed by atoms with van der Waals surface area (Å²) in [5.74, 6) is 1.37. The van der Waals surface area contributed by atoms with Gasteiger partial charge in [0.25, 0.3) is 0 Å². The molecule has 0 amide bonds. The van der Waals surface area contributed by atoms with E-state index < -0.39 is 0 Å². The number of hydrogen-bond acceptors (Lipinski definition) is 1. The molecule has 3 aliphatic carbocycles. The first-order valence-corrected chi connectivity index (χ1v) is 26.5. The summed E-state index contributed by atoms with van der Waals surface area (Å²) in [5.41, 5.74) is 22.9. The highest BCUT2D eigenvalue weighted by atomic mass is 15.1. The van der Waals surface area contributed by atoms with E-state index in [0.717, 1.165) is 17.1 Å². The number of hydrogen-bond donors (Lipinski definition) is 0. The van der Waals surface area contributed by atoms with Gasteiger partial charge in [0, 0.05) is 38.8 Å². The topological polar surface area (TPSA) is 8.17 Å². The van der Waals surface area contributed by atoms with Crippen molar-refractivity contribution in [1.29, 1.82) is 0 Å². The molecule has 0 unspecified atom stereocenters. The van der Waals surface area contributed by atoms with Crippen LogP contribution < -0.4 is 4.90 Å². The van der Waals surface area contributed by atoms with E-state index in [1.807, 2.05) is 0 Å². The van der Waals surface area contributed by atoms with Crippen LogP contribution >= 0.6 is 0 Å². The van der Waals surface area contributed by atoms with Crippen LogP contribution in [0.5, 0.6) is 0 Å². The minimum absolute atomic E-state index is 0.103. The largest absolute Gasteiger partial charge is 0.310 e. The summed E-state index contributed by atoms with van der Waals surface area (Å²) in [5, 5.41) is 2.83. The Morgan fingerprint density at radius 1 is 0.380 bits per heavy atom. The SMILES string of the molecule is CC1(C)c2ccccc2-c2ccc(N(c3ccc(-c4ccc(-c5ccc(-n6c7ccc(C8CCCCC8)cc7c7cc(C8CCCCC8)ccc76)cc5)cc4)cc3)c3ccccc3-c3ccccc3)cc21. The third-order valence-electron chi connectivity index (χ3n) is 16.8. The van der Waals surface area contributed by atoms with Gasteiger partial charge in [0.2, 0.25) is 0 Å². The number of nitrogens with zero attached hydrogens (tertiary/aromatic N) is 2. The molecule has 0 atom stereocenters. The minimum Gasteiger partial charge on any atom is -0.310 e. The molecular weight excluding hydrogens is 857 g/mol. The van der Waals surface area contributed by atoms with Crippen molar-refractivity contribution in [3.8, 4) is 50.2 Å². The van der Waals surface area contributed by atoms with E-state index >= 15 is 0 Å². The molecule has 2 heteroatoms. The zero-order chi connectivity index (χ0) is 47.5. The molecule has 0 bridgehead atoms. The molecule has 13 rings (SSSR count). The maximum Gasteiger partial charge on any atom is 0.0541 e. The van der Waals surface area contributed by atoms with Crippen LogP contribution in [-0.2, 0) is 5.41 Å². The summed E-state index contributed by atoms with van der Waals surface area (Å²) in [4.78, 5) is 2.45. The lowest BCUT2D eigenvalue weighted by atomic mass is 9.82. The van der Waals surface area contributed by atoms with E-state index in [4.69, 9.17) is 0 Å². The van der Waals surface area contributed by atoms with E-state index in [2.05, 4.69) is 230 Å². The second-order valence-electron chi connectivity index (χ2n) is 21.3. The lowest BCUT2D eigenvalue weighted by Gasteiger charge is -2.30. The average molecular weight is 919 g/mol. The Balaban J connectivity index is 0.810. The fourth-order valence-corrected chi connectivity index (χ4v) is 13.0. The third-order valence-corrected chi connectivity index (χ3v) is 16.8. The molecule has 348 valence electrons. The molecular formula is C69H62N2. The van der Waals surface area contributed by atoms with Crippen LogP contribution in [0.3, 0.4) is 0 Å². The molecule has 1 aromatic heterocycles. The van der Waals surface area contributed by atoms with Crippen molar-refractivity contribution in [3.63, 3.8) is 0 Å². The molecule has 0 radical (unpaired) electrons. The highest BCUT2D eigenvalue weighted by Gasteiger charge is 2.36. The number of anilines is 3. The first kappa shape index (κ1) is 43.6. The molecule has 71 heavy (non-hydrogen) atoms. The summed E-state index contributed by atoms with van der Waals surface area (Å²) >= 11 is 0. The van der Waals surface area contributed by atoms with Gasteiger partial charge in [0.1, 0.15) is 0 Å². The van der Waals surface area contributed by atoms with Crippen molar-refractivity contribution < 1.29 is 0 Å². The van der Waals surface area contributed by atoms with Gasteiger partial charge < -0.3 is 9.47 Å². The number of fused-ring (bicyclic) bond motifs is 6. The van der Waals surface area contributed by atoms with Crippen molar-refractivity contribution in [2.24, 2.45) is 0 Å². The first-order valence-electron chi connectivity index (χ1n) is 26.5. The van der Waals surface area contributed by atoms with Gasteiger partial charge in [-0.05, 0) is 165 Å². The number of para-hydroxylation sites is 1. The monoisotopic (exact) mass is 918 g/mol. The zero-order valence-corrected chi connectivity index (χ0v) is 41.3. The van der Waals surface area contributed by atoms with Gasteiger partial charge in [-0.25, -0.2) is 0 Å². The second kappa shape index (κ2) is 18.1. The molecule has 0 aliphatic heterocycles. The van der Waals surface area contributed by atoms with Crippen LogP contribution in [0.4, 0.5) is 17.1 Å². The van der Waals surface area contributed by atoms with E-state index in [-0.39, 0.29) is 5.41 Å². The Hall–Kier alpha value is -7.42. The Labute approximate surface area is 420 Å². The van der Waals surface area contributed by atoms with Gasteiger partial charge in [0.05, 0.1) is 16.7 Å². The van der Waals surface area contributed by atoms with Crippen molar-refractivity contribution in [2.75, 3.05) is 4.90 Å². The zero-order valence-electron chi connectivity index (χ0n) is 41.3. The van der Waals surface area contributed by atoms with Gasteiger partial charge >= 0.3 is 0 Å². The van der Waals surface area contributed by atoms with Crippen LogP contribution in [-0.4, -0.2) is 4.57 Å². The highest BCUT2D eigenvalue weighted by Crippen LogP contribution is 2.51. The van der Waals surface area contributed by atoms with E-state index in [0.29, 0.717) is 11.8 Å². The number of aromatic nitrogens is 1. The lowest BCUT2D eigenvalue weighted by molar-refractivity contribution is 0.444. The summed E-state index contributed by atoms with van der Waals surface area (Å²) < 4.78 is 2.52. The summed E-state index contributed by atoms with van der Waals surface area (Å²) in [6.07, 6.45) is 13.5. The Bertz CT molecular complexity index is 3470. The van der Waals surface area contributed by atoms with Gasteiger partial charge in [-0.2, -0.15) is 0 Å². The van der Waals surface area contributed by atoms with Gasteiger partial charge in [-0.1, -0.05) is 192 Å². The standard InChI is InChI=1S/C69H62N2/c1-69(2)64-24-14-12-23-60(64)61-41-40-58(46-65(61)69)70(66-25-15-13-22-59(66)53-20-10-5-11-21-53)56-36-30-51(31-37-56)49-26-28-50(29-27-49)52-32-38-57(39-33-52)71-67-42-34-54(47-16-6-3-7-17-47)44-62(67)63-45-55(35-43-68(63)71)48-18-8-4-9-19-48/h5,10-15,20-48H,3-4,6-9,16-19H2,1-2H3. The van der Waals surface area contributed by atoms with E-state index in [1.54, 1.807) is 0 Å². The minimum atomic E-state index is -0.103. The third kappa shape index (κ3) is 7.80. The summed E-state index contributed by atoms with van der Waals surface area (Å²) in [7, 11) is 0. The van der Waals surface area contributed by atoms with Crippen LogP contribution in [0.1, 0.15) is 112 Å². The predicted octanol–water partition coefficient (Wildman–Crippen LogP) is 19.7. The molecule has 2 nitrogen and oxygen atoms in total. The normalized spacial score (nSPS) is 15.7. The lowest BCUT2D eigenvalue weighted by Crippen LogP contribution is -2.16. The molecule has 0 spiro atoms. The van der Waals surface area contributed by atoms with Crippen molar-refractivity contribution in [2.45, 2.75) is 95.3 Å². The van der Waals surface area contributed by atoms with Crippen molar-refractivity contribution in [1.82, 2.24) is 4.57 Å². The van der Waals surface area contributed by atoms with E-state index in [9.17, 15) is 0 Å². The fraction of sp³-hybridized carbons (Fsp3) is 0.217. The fourth-order valence-electron chi connectivity index (χ4n) is 13.0. The van der Waals surface area contributed by atoms with Gasteiger partial charge in [-0.3, -0.25) is 0 Å². The second-order valence-corrected chi connectivity index (χ2v) is 21.3. The van der Waals surface area contributed by atoms with Crippen molar-refractivity contribution in [3.05, 3.63) is 229 Å². The summed E-state index contributed by atoms with van der Waals surface area (Å²) in [6, 6.07) is 78.0. The Morgan fingerprint density at radius 3 is 1.45 bits per heavy atom. The van der Waals surface area contributed by atoms with Crippen LogP contribution in [0.2, 0.25) is 0 Å². The molecule has 10 aromatic rings. The highest BCUT2D eigenvalue weighted by molar-refractivity contribution is 6.10. The van der Waals surface area contributed by atoms with Crippen LogP contribution in [0.15, 0.2) is 206 Å². The molecule has 0 N–H and O–H groups in total. The smallest absolute Gasteiger partial charge is 0.0541 e. The molecule has 9 aromatic carbocycles. The van der Waals surface area contributed by atoms with Crippen molar-refractivity contribution >= 4 is 38.9 Å². The number of benzene rings is 9. The Kier molecular flexibility index (Phi) is 11.1. The molecule has 0 saturated heterocycles. The summed E-state index contributed by atoms with van der Waals surface area (Å²) in [6.45, 7) is 4.73. The molecule has 2 saturated carbocycles. The van der Waals surface area contributed by atoms with E-state index in [1.165, 1.54) is 158 Å². The quantitative estimate of drug-likeness (QED) is 0.140.